The zero-order chi connectivity index (χ0) is 13.8. The van der Waals surface area contributed by atoms with Crippen molar-refractivity contribution in [1.82, 2.24) is 0 Å². The largest absolute Gasteiger partial charge is 0.464 e. The van der Waals surface area contributed by atoms with Crippen molar-refractivity contribution in [2.24, 2.45) is 5.16 Å². The van der Waals surface area contributed by atoms with Crippen LogP contribution >= 0.6 is 0 Å². The minimum atomic E-state index is -0.509. The van der Waals surface area contributed by atoms with Gasteiger partial charge in [0.15, 0.2) is 5.71 Å². The predicted molar refractivity (Wildman–Crippen MR) is 70.6 cm³/mol. The van der Waals surface area contributed by atoms with E-state index in [4.69, 9.17) is 9.57 Å². The predicted octanol–water partition coefficient (Wildman–Crippen LogP) is 2.69. The van der Waals surface area contributed by atoms with Gasteiger partial charge in [-0.05, 0) is 33.8 Å². The summed E-state index contributed by atoms with van der Waals surface area (Å²) in [7, 11) is 1.32. The van der Waals surface area contributed by atoms with Crippen LogP contribution in [0.4, 0.5) is 0 Å². The van der Waals surface area contributed by atoms with Crippen LogP contribution in [0.15, 0.2) is 29.4 Å². The maximum absolute atomic E-state index is 11.7. The van der Waals surface area contributed by atoms with Crippen molar-refractivity contribution < 1.29 is 14.4 Å². The Labute approximate surface area is 108 Å². The Kier molecular flexibility index (Phi) is 4.48. The number of oxime groups is 1. The van der Waals surface area contributed by atoms with Crippen LogP contribution in [0.1, 0.15) is 31.9 Å². The Morgan fingerprint density at radius 2 is 1.94 bits per heavy atom. The monoisotopic (exact) mass is 249 g/mol. The molecule has 0 amide bonds. The van der Waals surface area contributed by atoms with E-state index in [2.05, 4.69) is 5.16 Å². The van der Waals surface area contributed by atoms with Crippen LogP contribution in [0, 0.1) is 6.92 Å². The van der Waals surface area contributed by atoms with Crippen LogP contribution < -0.4 is 0 Å². The smallest absolute Gasteiger partial charge is 0.360 e. The molecular weight excluding hydrogens is 230 g/mol. The lowest BCUT2D eigenvalue weighted by atomic mass is 10.1. The lowest BCUT2D eigenvalue weighted by Gasteiger charge is -2.16. The van der Waals surface area contributed by atoms with E-state index in [1.165, 1.54) is 7.11 Å². The molecule has 0 saturated heterocycles. The van der Waals surface area contributed by atoms with Crippen LogP contribution in [-0.2, 0) is 14.4 Å². The Hall–Kier alpha value is -1.84. The number of benzene rings is 1. The molecule has 0 atom stereocenters. The summed E-state index contributed by atoms with van der Waals surface area (Å²) in [4.78, 5) is 17.0. The fraction of sp³-hybridized carbons (Fsp3) is 0.429. The van der Waals surface area contributed by atoms with Crippen LogP contribution in [-0.4, -0.2) is 24.4 Å². The van der Waals surface area contributed by atoms with Gasteiger partial charge in [0, 0.05) is 5.56 Å². The van der Waals surface area contributed by atoms with Crippen molar-refractivity contribution in [1.29, 1.82) is 0 Å². The van der Waals surface area contributed by atoms with E-state index in [1.54, 1.807) is 6.07 Å². The highest BCUT2D eigenvalue weighted by atomic mass is 16.6. The summed E-state index contributed by atoms with van der Waals surface area (Å²) in [5.41, 5.74) is 1.45. The van der Waals surface area contributed by atoms with Crippen molar-refractivity contribution in [3.05, 3.63) is 35.4 Å². The molecule has 1 aromatic carbocycles. The van der Waals surface area contributed by atoms with Crippen molar-refractivity contribution in [2.75, 3.05) is 7.11 Å². The molecule has 4 nitrogen and oxygen atoms in total. The third kappa shape index (κ3) is 4.20. The van der Waals surface area contributed by atoms with Crippen LogP contribution in [0.3, 0.4) is 0 Å². The zero-order valence-corrected chi connectivity index (χ0v) is 11.5. The quantitative estimate of drug-likeness (QED) is 0.470. The zero-order valence-electron chi connectivity index (χ0n) is 11.5. The molecular formula is C14H19NO3. The molecule has 0 N–H and O–H groups in total. The van der Waals surface area contributed by atoms with E-state index in [9.17, 15) is 4.79 Å². The molecule has 0 saturated carbocycles. The number of methoxy groups -OCH3 is 1. The number of carbonyl (C=O) groups is 1. The second-order valence-corrected chi connectivity index (χ2v) is 5.00. The van der Waals surface area contributed by atoms with Crippen molar-refractivity contribution in [3.8, 4) is 0 Å². The lowest BCUT2D eigenvalue weighted by Crippen LogP contribution is -2.22. The first-order valence-electron chi connectivity index (χ1n) is 5.75. The normalized spacial score (nSPS) is 12.2. The molecule has 18 heavy (non-hydrogen) atoms. The van der Waals surface area contributed by atoms with E-state index in [0.29, 0.717) is 5.56 Å². The maximum atomic E-state index is 11.7. The Morgan fingerprint density at radius 1 is 1.28 bits per heavy atom. The minimum absolute atomic E-state index is 0.177. The molecule has 1 aromatic rings. The summed E-state index contributed by atoms with van der Waals surface area (Å²) in [6, 6.07) is 7.47. The van der Waals surface area contributed by atoms with Gasteiger partial charge in [0.1, 0.15) is 5.60 Å². The summed E-state index contributed by atoms with van der Waals surface area (Å²) < 4.78 is 4.72. The fourth-order valence-electron chi connectivity index (χ4n) is 1.28. The molecule has 0 fully saturated rings. The Morgan fingerprint density at radius 3 is 2.44 bits per heavy atom. The average Bonchev–Trinajstić information content (AvgIpc) is 2.27. The number of esters is 1. The molecule has 0 spiro atoms. The van der Waals surface area contributed by atoms with Crippen molar-refractivity contribution in [3.63, 3.8) is 0 Å². The van der Waals surface area contributed by atoms with Gasteiger partial charge in [-0.15, -0.1) is 0 Å². The second kappa shape index (κ2) is 5.67. The molecule has 0 aromatic heterocycles. The summed E-state index contributed by atoms with van der Waals surface area (Å²) in [5.74, 6) is -0.509. The fourth-order valence-corrected chi connectivity index (χ4v) is 1.28. The third-order valence-electron chi connectivity index (χ3n) is 2.08. The van der Waals surface area contributed by atoms with E-state index < -0.39 is 11.6 Å². The van der Waals surface area contributed by atoms with Gasteiger partial charge in [-0.2, -0.15) is 0 Å². The SMILES string of the molecule is COC(=O)C(=NOC(C)(C)C)c1cccc(C)c1. The lowest BCUT2D eigenvalue weighted by molar-refractivity contribution is -0.133. The Bertz CT molecular complexity index is 458. The van der Waals surface area contributed by atoms with E-state index >= 15 is 0 Å². The number of ether oxygens (including phenoxy) is 1. The molecule has 4 heteroatoms. The molecule has 1 rings (SSSR count). The maximum Gasteiger partial charge on any atom is 0.360 e. The van der Waals surface area contributed by atoms with Gasteiger partial charge in [0.05, 0.1) is 7.11 Å². The first-order valence-corrected chi connectivity index (χ1v) is 5.75. The standard InChI is InChI=1S/C14H19NO3/c1-10-7-6-8-11(9-10)12(13(16)17-5)15-18-14(2,3)4/h6-9H,1-5H3. The minimum Gasteiger partial charge on any atom is -0.464 e. The van der Waals surface area contributed by atoms with Gasteiger partial charge in [0.2, 0.25) is 0 Å². The molecule has 0 heterocycles. The first kappa shape index (κ1) is 14.2. The van der Waals surface area contributed by atoms with Crippen LogP contribution in [0.5, 0.6) is 0 Å². The Balaban J connectivity index is 3.10. The summed E-state index contributed by atoms with van der Waals surface area (Å²) >= 11 is 0. The van der Waals surface area contributed by atoms with Crippen LogP contribution in [0.25, 0.3) is 0 Å². The number of hydrogen-bond donors (Lipinski definition) is 0. The number of hydrogen-bond acceptors (Lipinski definition) is 4. The van der Waals surface area contributed by atoms with Gasteiger partial charge >= 0.3 is 5.97 Å². The molecule has 0 bridgehead atoms. The second-order valence-electron chi connectivity index (χ2n) is 5.00. The average molecular weight is 249 g/mol. The number of nitrogens with zero attached hydrogens (tertiary/aromatic N) is 1. The van der Waals surface area contributed by atoms with Crippen molar-refractivity contribution >= 4 is 11.7 Å². The van der Waals surface area contributed by atoms with Gasteiger partial charge < -0.3 is 9.57 Å². The molecule has 0 unspecified atom stereocenters. The third-order valence-corrected chi connectivity index (χ3v) is 2.08. The number of rotatable bonds is 3. The summed E-state index contributed by atoms with van der Waals surface area (Å²) in [5, 5.41) is 3.92. The van der Waals surface area contributed by atoms with Crippen molar-refractivity contribution in [2.45, 2.75) is 33.3 Å². The van der Waals surface area contributed by atoms with Gasteiger partial charge in [-0.25, -0.2) is 4.79 Å². The topological polar surface area (TPSA) is 47.9 Å². The van der Waals surface area contributed by atoms with Crippen LogP contribution in [0.2, 0.25) is 0 Å². The summed E-state index contributed by atoms with van der Waals surface area (Å²) in [6.07, 6.45) is 0. The molecule has 0 aliphatic heterocycles. The highest BCUT2D eigenvalue weighted by molar-refractivity contribution is 6.43. The highest BCUT2D eigenvalue weighted by Crippen LogP contribution is 2.11. The van der Waals surface area contributed by atoms with Gasteiger partial charge in [-0.3, -0.25) is 0 Å². The van der Waals surface area contributed by atoms with E-state index in [1.807, 2.05) is 45.9 Å². The number of carbonyl (C=O) groups excluding carboxylic acids is 1. The molecule has 0 radical (unpaired) electrons. The molecule has 98 valence electrons. The number of aryl methyl sites for hydroxylation is 1. The van der Waals surface area contributed by atoms with E-state index in [0.717, 1.165) is 5.56 Å². The highest BCUT2D eigenvalue weighted by Gasteiger charge is 2.18. The van der Waals surface area contributed by atoms with Gasteiger partial charge in [0.25, 0.3) is 0 Å². The summed E-state index contributed by atoms with van der Waals surface area (Å²) in [6.45, 7) is 7.54. The van der Waals surface area contributed by atoms with Gasteiger partial charge in [-0.1, -0.05) is 28.9 Å². The first-order chi connectivity index (χ1) is 8.33. The molecule has 0 aliphatic carbocycles. The molecule has 0 aliphatic rings. The van der Waals surface area contributed by atoms with E-state index in [-0.39, 0.29) is 5.71 Å².